The fourth-order valence-corrected chi connectivity index (χ4v) is 3.75. The summed E-state index contributed by atoms with van der Waals surface area (Å²) in [6, 6.07) is 16.3. The van der Waals surface area contributed by atoms with Gasteiger partial charge < -0.3 is 10.4 Å². The Morgan fingerprint density at radius 1 is 1.14 bits per heavy atom. The Kier molecular flexibility index (Phi) is 5.21. The lowest BCUT2D eigenvalue weighted by molar-refractivity contribution is -0.141. The molecule has 1 aliphatic carbocycles. The van der Waals surface area contributed by atoms with Crippen LogP contribution in [0.4, 0.5) is 4.39 Å². The Balaban J connectivity index is 1.58. The van der Waals surface area contributed by atoms with Crippen molar-refractivity contribution in [3.05, 3.63) is 72.2 Å². The van der Waals surface area contributed by atoms with E-state index in [9.17, 15) is 14.3 Å². The summed E-state index contributed by atoms with van der Waals surface area (Å²) in [6.07, 6.45) is 4.19. The van der Waals surface area contributed by atoms with Crippen molar-refractivity contribution in [2.75, 3.05) is 0 Å². The molecule has 28 heavy (non-hydrogen) atoms. The molecular weight excluding hydrogens is 357 g/mol. The zero-order valence-electron chi connectivity index (χ0n) is 15.4. The van der Waals surface area contributed by atoms with Crippen LogP contribution in [-0.2, 0) is 11.3 Å². The third-order valence-corrected chi connectivity index (χ3v) is 5.29. The fraction of sp³-hybridized carbons (Fsp3) is 0.273. The van der Waals surface area contributed by atoms with Crippen LogP contribution in [-0.4, -0.2) is 26.9 Å². The van der Waals surface area contributed by atoms with Crippen molar-refractivity contribution in [2.24, 2.45) is 5.92 Å². The molecule has 0 saturated heterocycles. The van der Waals surface area contributed by atoms with Crippen LogP contribution in [0.5, 0.6) is 0 Å². The van der Waals surface area contributed by atoms with Gasteiger partial charge in [0.25, 0.3) is 0 Å². The first-order valence-electron chi connectivity index (χ1n) is 9.46. The summed E-state index contributed by atoms with van der Waals surface area (Å²) in [5.74, 6) is -1.26. The van der Waals surface area contributed by atoms with E-state index in [4.69, 9.17) is 5.10 Å². The van der Waals surface area contributed by atoms with Gasteiger partial charge >= 0.3 is 5.97 Å². The van der Waals surface area contributed by atoms with Crippen molar-refractivity contribution < 1.29 is 14.3 Å². The van der Waals surface area contributed by atoms with E-state index in [2.05, 4.69) is 5.32 Å². The number of carboxylic acids is 1. The smallest absolute Gasteiger partial charge is 0.306 e. The lowest BCUT2D eigenvalue weighted by Gasteiger charge is -2.12. The molecule has 4 rings (SSSR count). The number of benzene rings is 2. The van der Waals surface area contributed by atoms with Gasteiger partial charge in [-0.15, -0.1) is 0 Å². The van der Waals surface area contributed by atoms with Crippen LogP contribution in [0.2, 0.25) is 0 Å². The maximum Gasteiger partial charge on any atom is 0.306 e. The Hall–Kier alpha value is -2.99. The van der Waals surface area contributed by atoms with Crippen molar-refractivity contribution in [3.63, 3.8) is 0 Å². The molecule has 144 valence electrons. The molecular formula is C22H22FN3O2. The monoisotopic (exact) mass is 379 g/mol. The minimum atomic E-state index is -0.715. The quantitative estimate of drug-likeness (QED) is 0.679. The molecule has 2 atom stereocenters. The van der Waals surface area contributed by atoms with Crippen molar-refractivity contribution in [2.45, 2.75) is 31.8 Å². The van der Waals surface area contributed by atoms with Gasteiger partial charge in [0.15, 0.2) is 0 Å². The van der Waals surface area contributed by atoms with Gasteiger partial charge in [-0.2, -0.15) is 5.10 Å². The lowest BCUT2D eigenvalue weighted by atomic mass is 10.1. The first kappa shape index (κ1) is 18.4. The van der Waals surface area contributed by atoms with E-state index in [0.717, 1.165) is 28.9 Å². The van der Waals surface area contributed by atoms with E-state index in [1.54, 1.807) is 12.1 Å². The fourth-order valence-electron chi connectivity index (χ4n) is 3.75. The highest BCUT2D eigenvalue weighted by molar-refractivity contribution is 5.70. The van der Waals surface area contributed by atoms with Crippen molar-refractivity contribution >= 4 is 5.97 Å². The van der Waals surface area contributed by atoms with Gasteiger partial charge in [-0.1, -0.05) is 18.2 Å². The number of nitrogens with zero attached hydrogens (tertiary/aromatic N) is 2. The highest BCUT2D eigenvalue weighted by Crippen LogP contribution is 2.28. The number of nitrogens with one attached hydrogen (secondary N) is 1. The summed E-state index contributed by atoms with van der Waals surface area (Å²) < 4.78 is 15.2. The predicted molar refractivity (Wildman–Crippen MR) is 105 cm³/mol. The molecule has 0 amide bonds. The number of carboxylic acid groups (broad SMARTS) is 1. The van der Waals surface area contributed by atoms with E-state index in [-0.39, 0.29) is 17.8 Å². The summed E-state index contributed by atoms with van der Waals surface area (Å²) in [5.41, 5.74) is 3.59. The minimum Gasteiger partial charge on any atom is -0.481 e. The zero-order chi connectivity index (χ0) is 19.5. The number of carbonyl (C=O) groups is 1. The molecule has 1 heterocycles. The molecule has 1 aromatic heterocycles. The Bertz CT molecular complexity index is 954. The van der Waals surface area contributed by atoms with Gasteiger partial charge in [0.05, 0.1) is 17.3 Å². The molecule has 5 nitrogen and oxygen atoms in total. The third kappa shape index (κ3) is 3.97. The summed E-state index contributed by atoms with van der Waals surface area (Å²) in [7, 11) is 0. The number of aliphatic carboxylic acids is 1. The van der Waals surface area contributed by atoms with E-state index >= 15 is 0 Å². The third-order valence-electron chi connectivity index (χ3n) is 5.29. The van der Waals surface area contributed by atoms with Crippen molar-refractivity contribution in [3.8, 4) is 16.9 Å². The first-order chi connectivity index (χ1) is 13.6. The zero-order valence-corrected chi connectivity index (χ0v) is 15.4. The SMILES string of the molecule is O=C(O)[C@@H]1CC[C@@H](NCc2cn(-c3ccccc3)nc2-c2ccc(F)cc2)C1. The van der Waals surface area contributed by atoms with Crippen LogP contribution < -0.4 is 5.32 Å². The summed E-state index contributed by atoms with van der Waals surface area (Å²) >= 11 is 0. The van der Waals surface area contributed by atoms with E-state index in [1.807, 2.05) is 41.2 Å². The standard InChI is InChI=1S/C22H22FN3O2/c23-18-9-6-15(7-10-18)21-17(13-24-19-11-8-16(12-19)22(27)28)14-26(25-21)20-4-2-1-3-5-20/h1-7,9-10,14,16,19,24H,8,11-13H2,(H,27,28)/t16-,19-/m1/s1. The van der Waals surface area contributed by atoms with Crippen LogP contribution in [0.3, 0.4) is 0 Å². The number of para-hydroxylation sites is 1. The molecule has 2 N–H and O–H groups in total. The largest absolute Gasteiger partial charge is 0.481 e. The summed E-state index contributed by atoms with van der Waals surface area (Å²) in [4.78, 5) is 11.2. The van der Waals surface area contributed by atoms with E-state index < -0.39 is 5.97 Å². The minimum absolute atomic E-state index is 0.183. The van der Waals surface area contributed by atoms with Crippen LogP contribution >= 0.6 is 0 Å². The number of halogens is 1. The second kappa shape index (κ2) is 7.94. The van der Waals surface area contributed by atoms with E-state index in [1.165, 1.54) is 12.1 Å². The molecule has 3 aromatic rings. The Morgan fingerprint density at radius 2 is 1.89 bits per heavy atom. The maximum absolute atomic E-state index is 13.3. The number of hydrogen-bond acceptors (Lipinski definition) is 3. The second-order valence-corrected chi connectivity index (χ2v) is 7.22. The van der Waals surface area contributed by atoms with Gasteiger partial charge in [-0.25, -0.2) is 9.07 Å². The van der Waals surface area contributed by atoms with Gasteiger partial charge in [0, 0.05) is 29.9 Å². The van der Waals surface area contributed by atoms with Gasteiger partial charge in [0.2, 0.25) is 0 Å². The van der Waals surface area contributed by atoms with Crippen molar-refractivity contribution in [1.82, 2.24) is 15.1 Å². The number of rotatable bonds is 6. The number of hydrogen-bond donors (Lipinski definition) is 2. The first-order valence-corrected chi connectivity index (χ1v) is 9.46. The molecule has 1 aliphatic rings. The predicted octanol–water partition coefficient (Wildman–Crippen LogP) is 4.02. The highest BCUT2D eigenvalue weighted by atomic mass is 19.1. The lowest BCUT2D eigenvalue weighted by Crippen LogP contribution is -2.26. The number of aromatic nitrogens is 2. The molecule has 0 aliphatic heterocycles. The molecule has 1 saturated carbocycles. The van der Waals surface area contributed by atoms with Crippen LogP contribution in [0, 0.1) is 11.7 Å². The summed E-state index contributed by atoms with van der Waals surface area (Å²) in [6.45, 7) is 0.580. The molecule has 0 bridgehead atoms. The second-order valence-electron chi connectivity index (χ2n) is 7.22. The van der Waals surface area contributed by atoms with Gasteiger partial charge in [-0.3, -0.25) is 4.79 Å². The molecule has 2 aromatic carbocycles. The molecule has 1 fully saturated rings. The van der Waals surface area contributed by atoms with Gasteiger partial charge in [0.1, 0.15) is 5.82 Å². The maximum atomic E-state index is 13.3. The van der Waals surface area contributed by atoms with Crippen LogP contribution in [0.25, 0.3) is 16.9 Å². The van der Waals surface area contributed by atoms with Gasteiger partial charge in [-0.05, 0) is 55.7 Å². The van der Waals surface area contributed by atoms with Crippen LogP contribution in [0.15, 0.2) is 60.8 Å². The normalized spacial score (nSPS) is 19.0. The topological polar surface area (TPSA) is 67.2 Å². The molecule has 0 radical (unpaired) electrons. The Morgan fingerprint density at radius 3 is 2.57 bits per heavy atom. The average molecular weight is 379 g/mol. The average Bonchev–Trinajstić information content (AvgIpc) is 3.35. The van der Waals surface area contributed by atoms with Crippen LogP contribution in [0.1, 0.15) is 24.8 Å². The molecule has 0 spiro atoms. The molecule has 6 heteroatoms. The highest BCUT2D eigenvalue weighted by Gasteiger charge is 2.29. The molecule has 0 unspecified atom stereocenters. The van der Waals surface area contributed by atoms with Crippen molar-refractivity contribution in [1.29, 1.82) is 0 Å². The summed E-state index contributed by atoms with van der Waals surface area (Å²) in [5, 5.41) is 17.4. The van der Waals surface area contributed by atoms with E-state index in [0.29, 0.717) is 19.4 Å². The Labute approximate surface area is 162 Å².